The van der Waals surface area contributed by atoms with Crippen LogP contribution in [0.3, 0.4) is 0 Å². The Hall–Kier alpha value is -2.63. The molecule has 2 unspecified atom stereocenters. The van der Waals surface area contributed by atoms with Crippen LogP contribution < -0.4 is 14.8 Å². The number of amides is 2. The number of carbonyl (C=O) groups excluding carboxylic acids is 1. The molecule has 2 aliphatic carbocycles. The van der Waals surface area contributed by atoms with Crippen molar-refractivity contribution in [3.8, 4) is 11.5 Å². The SMILES string of the molecule is COc1ccc(NC(=O)N(Cc2ccc(C3CC3C)o2)C2CC2)cc1OC. The molecule has 0 radical (unpaired) electrons. The van der Waals surface area contributed by atoms with E-state index in [1.54, 1.807) is 26.4 Å². The van der Waals surface area contributed by atoms with Crippen molar-refractivity contribution in [1.82, 2.24) is 4.90 Å². The molecule has 0 bridgehead atoms. The smallest absolute Gasteiger partial charge is 0.322 e. The van der Waals surface area contributed by atoms with Crippen molar-refractivity contribution in [2.75, 3.05) is 19.5 Å². The maximum Gasteiger partial charge on any atom is 0.322 e. The number of rotatable bonds is 7. The van der Waals surface area contributed by atoms with Gasteiger partial charge in [0.2, 0.25) is 0 Å². The van der Waals surface area contributed by atoms with Crippen LogP contribution in [0.25, 0.3) is 0 Å². The van der Waals surface area contributed by atoms with Crippen molar-refractivity contribution in [3.63, 3.8) is 0 Å². The van der Waals surface area contributed by atoms with E-state index in [1.165, 1.54) is 6.42 Å². The number of nitrogens with one attached hydrogen (secondary N) is 1. The molecule has 2 aromatic rings. The van der Waals surface area contributed by atoms with E-state index < -0.39 is 0 Å². The average molecular weight is 370 g/mol. The fourth-order valence-electron chi connectivity index (χ4n) is 3.43. The lowest BCUT2D eigenvalue weighted by molar-refractivity contribution is 0.200. The minimum Gasteiger partial charge on any atom is -0.493 e. The lowest BCUT2D eigenvalue weighted by Crippen LogP contribution is -2.36. The predicted molar refractivity (Wildman–Crippen MR) is 102 cm³/mol. The van der Waals surface area contributed by atoms with E-state index >= 15 is 0 Å². The van der Waals surface area contributed by atoms with Gasteiger partial charge in [0, 0.05) is 23.7 Å². The normalized spacial score (nSPS) is 20.9. The Labute approximate surface area is 159 Å². The number of anilines is 1. The number of hydrogen-bond acceptors (Lipinski definition) is 4. The first kappa shape index (κ1) is 17.8. The van der Waals surface area contributed by atoms with E-state index in [2.05, 4.69) is 18.3 Å². The maximum absolute atomic E-state index is 12.9. The molecule has 2 atom stereocenters. The van der Waals surface area contributed by atoms with Gasteiger partial charge in [0.05, 0.1) is 20.8 Å². The van der Waals surface area contributed by atoms with Gasteiger partial charge in [-0.3, -0.25) is 0 Å². The Bertz CT molecular complexity index is 827. The third kappa shape index (κ3) is 3.89. The van der Waals surface area contributed by atoms with Gasteiger partial charge in [-0.1, -0.05) is 6.92 Å². The lowest BCUT2D eigenvalue weighted by atomic mass is 10.2. The third-order valence-electron chi connectivity index (χ3n) is 5.37. The van der Waals surface area contributed by atoms with Crippen LogP contribution in [0.4, 0.5) is 10.5 Å². The summed E-state index contributed by atoms with van der Waals surface area (Å²) in [6.07, 6.45) is 3.26. The molecule has 144 valence electrons. The predicted octanol–water partition coefficient (Wildman–Crippen LogP) is 4.62. The monoisotopic (exact) mass is 370 g/mol. The summed E-state index contributed by atoms with van der Waals surface area (Å²) in [7, 11) is 3.17. The van der Waals surface area contributed by atoms with Crippen molar-refractivity contribution in [1.29, 1.82) is 0 Å². The molecule has 1 aromatic heterocycles. The molecule has 0 spiro atoms. The second kappa shape index (κ2) is 7.18. The second-order valence-electron chi connectivity index (χ2n) is 7.48. The quantitative estimate of drug-likeness (QED) is 0.773. The van der Waals surface area contributed by atoms with Crippen LogP contribution in [-0.2, 0) is 6.54 Å². The molecule has 1 heterocycles. The van der Waals surface area contributed by atoms with Crippen LogP contribution in [0.15, 0.2) is 34.7 Å². The maximum atomic E-state index is 12.9. The number of carbonyl (C=O) groups is 1. The number of methoxy groups -OCH3 is 2. The van der Waals surface area contributed by atoms with Gasteiger partial charge in [0.1, 0.15) is 11.5 Å². The van der Waals surface area contributed by atoms with Crippen molar-refractivity contribution in [2.45, 2.75) is 44.7 Å². The minimum atomic E-state index is -0.123. The van der Waals surface area contributed by atoms with Crippen LogP contribution >= 0.6 is 0 Å². The summed E-state index contributed by atoms with van der Waals surface area (Å²) < 4.78 is 16.5. The average Bonchev–Trinajstić information content (AvgIpc) is 3.59. The fraction of sp³-hybridized carbons (Fsp3) is 0.476. The zero-order chi connectivity index (χ0) is 19.0. The van der Waals surface area contributed by atoms with Crippen LogP contribution in [-0.4, -0.2) is 31.2 Å². The molecule has 2 saturated carbocycles. The number of urea groups is 1. The van der Waals surface area contributed by atoms with E-state index in [-0.39, 0.29) is 12.1 Å². The molecule has 6 heteroatoms. The van der Waals surface area contributed by atoms with Crippen LogP contribution in [0.5, 0.6) is 11.5 Å². The van der Waals surface area contributed by atoms with Gasteiger partial charge in [-0.2, -0.15) is 0 Å². The Kier molecular flexibility index (Phi) is 4.72. The van der Waals surface area contributed by atoms with Gasteiger partial charge < -0.3 is 24.1 Å². The molecule has 4 rings (SSSR count). The molecule has 2 fully saturated rings. The van der Waals surface area contributed by atoms with E-state index in [9.17, 15) is 4.79 Å². The third-order valence-corrected chi connectivity index (χ3v) is 5.37. The van der Waals surface area contributed by atoms with E-state index in [0.29, 0.717) is 35.6 Å². The highest BCUT2D eigenvalue weighted by molar-refractivity contribution is 5.90. The first-order valence-corrected chi connectivity index (χ1v) is 9.47. The molecular weight excluding hydrogens is 344 g/mol. The standard InChI is InChI=1S/C21H26N2O4/c1-13-10-17(13)18-9-7-16(27-18)12-23(15-5-6-15)21(24)22-14-4-8-19(25-2)20(11-14)26-3/h4,7-9,11,13,15,17H,5-6,10,12H2,1-3H3,(H,22,24). The number of benzene rings is 1. The number of furan rings is 1. The Morgan fingerprint density at radius 1 is 1.19 bits per heavy atom. The largest absolute Gasteiger partial charge is 0.493 e. The minimum absolute atomic E-state index is 0.123. The van der Waals surface area contributed by atoms with E-state index in [0.717, 1.165) is 24.4 Å². The van der Waals surface area contributed by atoms with E-state index in [4.69, 9.17) is 13.9 Å². The molecule has 0 aliphatic heterocycles. The summed E-state index contributed by atoms with van der Waals surface area (Å²) in [6, 6.07) is 9.57. The summed E-state index contributed by atoms with van der Waals surface area (Å²) in [5.41, 5.74) is 0.676. The first-order valence-electron chi connectivity index (χ1n) is 9.47. The van der Waals surface area contributed by atoms with Crippen molar-refractivity contribution in [3.05, 3.63) is 41.9 Å². The van der Waals surface area contributed by atoms with Gasteiger partial charge in [0.25, 0.3) is 0 Å². The molecule has 27 heavy (non-hydrogen) atoms. The highest BCUT2D eigenvalue weighted by Crippen LogP contribution is 2.47. The highest BCUT2D eigenvalue weighted by atomic mass is 16.5. The van der Waals surface area contributed by atoms with Crippen molar-refractivity contribution >= 4 is 11.7 Å². The molecule has 2 aliphatic rings. The molecule has 2 amide bonds. The molecule has 6 nitrogen and oxygen atoms in total. The van der Waals surface area contributed by atoms with Gasteiger partial charge in [-0.15, -0.1) is 0 Å². The van der Waals surface area contributed by atoms with E-state index in [1.807, 2.05) is 17.0 Å². The lowest BCUT2D eigenvalue weighted by Gasteiger charge is -2.22. The van der Waals surface area contributed by atoms with Gasteiger partial charge in [-0.05, 0) is 49.4 Å². The zero-order valence-electron chi connectivity index (χ0n) is 16.0. The molecule has 1 N–H and O–H groups in total. The Morgan fingerprint density at radius 3 is 2.56 bits per heavy atom. The Morgan fingerprint density at radius 2 is 1.93 bits per heavy atom. The van der Waals surface area contributed by atoms with Gasteiger partial charge >= 0.3 is 6.03 Å². The first-order chi connectivity index (χ1) is 13.1. The number of hydrogen-bond donors (Lipinski definition) is 1. The number of ether oxygens (including phenoxy) is 2. The van der Waals surface area contributed by atoms with Crippen LogP contribution in [0.1, 0.15) is 43.6 Å². The molecular formula is C21H26N2O4. The van der Waals surface area contributed by atoms with Gasteiger partial charge in [-0.25, -0.2) is 4.79 Å². The summed E-state index contributed by atoms with van der Waals surface area (Å²) >= 11 is 0. The van der Waals surface area contributed by atoms with Crippen LogP contribution in [0.2, 0.25) is 0 Å². The summed E-state index contributed by atoms with van der Waals surface area (Å²) in [6.45, 7) is 2.73. The fourth-order valence-corrected chi connectivity index (χ4v) is 3.43. The highest BCUT2D eigenvalue weighted by Gasteiger charge is 2.37. The summed E-state index contributed by atoms with van der Waals surface area (Å²) in [5, 5.41) is 2.97. The Balaban J connectivity index is 1.44. The van der Waals surface area contributed by atoms with Crippen molar-refractivity contribution in [2.24, 2.45) is 5.92 Å². The summed E-state index contributed by atoms with van der Waals surface area (Å²) in [4.78, 5) is 14.7. The topological polar surface area (TPSA) is 63.9 Å². The zero-order valence-corrected chi connectivity index (χ0v) is 16.0. The second-order valence-corrected chi connectivity index (χ2v) is 7.48. The number of nitrogens with zero attached hydrogens (tertiary/aromatic N) is 1. The molecule has 1 aromatic carbocycles. The summed E-state index contributed by atoms with van der Waals surface area (Å²) in [5.74, 6) is 4.37. The van der Waals surface area contributed by atoms with Gasteiger partial charge in [0.15, 0.2) is 11.5 Å². The molecule has 0 saturated heterocycles. The van der Waals surface area contributed by atoms with Crippen LogP contribution in [0, 0.1) is 5.92 Å². The van der Waals surface area contributed by atoms with Crippen molar-refractivity contribution < 1.29 is 18.7 Å².